The fraction of sp³-hybridized carbons (Fsp3) is 0.667. The minimum atomic E-state index is 0.898. The SMILES string of the molecule is CSCCCNCc1cnc(C)[nH]1. The first-order valence-electron chi connectivity index (χ1n) is 4.53. The number of aryl methyl sites for hydroxylation is 1. The van der Waals surface area contributed by atoms with Crippen LogP contribution < -0.4 is 5.32 Å². The summed E-state index contributed by atoms with van der Waals surface area (Å²) < 4.78 is 0. The van der Waals surface area contributed by atoms with Crippen LogP contribution in [0.15, 0.2) is 6.20 Å². The van der Waals surface area contributed by atoms with Crippen LogP contribution in [0.3, 0.4) is 0 Å². The molecule has 1 rings (SSSR count). The third kappa shape index (κ3) is 4.33. The van der Waals surface area contributed by atoms with E-state index in [2.05, 4.69) is 21.5 Å². The minimum absolute atomic E-state index is 0.898. The molecule has 0 aliphatic carbocycles. The molecular weight excluding hydrogens is 182 g/mol. The number of thioether (sulfide) groups is 1. The van der Waals surface area contributed by atoms with E-state index >= 15 is 0 Å². The van der Waals surface area contributed by atoms with Crippen molar-refractivity contribution < 1.29 is 0 Å². The van der Waals surface area contributed by atoms with Crippen molar-refractivity contribution in [3.63, 3.8) is 0 Å². The van der Waals surface area contributed by atoms with Gasteiger partial charge >= 0.3 is 0 Å². The maximum Gasteiger partial charge on any atom is 0.103 e. The third-order valence-corrected chi connectivity index (χ3v) is 2.47. The predicted molar refractivity (Wildman–Crippen MR) is 58.0 cm³/mol. The molecule has 0 aliphatic heterocycles. The predicted octanol–water partition coefficient (Wildman–Crippen LogP) is 1.56. The molecule has 0 amide bonds. The Labute approximate surface area is 83.7 Å². The average Bonchev–Trinajstić information content (AvgIpc) is 2.51. The van der Waals surface area contributed by atoms with E-state index in [9.17, 15) is 0 Å². The Hall–Kier alpha value is -0.480. The van der Waals surface area contributed by atoms with Crippen molar-refractivity contribution >= 4 is 11.8 Å². The van der Waals surface area contributed by atoms with E-state index in [0.717, 1.165) is 18.9 Å². The van der Waals surface area contributed by atoms with Crippen molar-refractivity contribution in [2.45, 2.75) is 19.9 Å². The van der Waals surface area contributed by atoms with Gasteiger partial charge in [-0.1, -0.05) is 0 Å². The Bertz CT molecular complexity index is 235. The normalized spacial score (nSPS) is 10.6. The zero-order chi connectivity index (χ0) is 9.52. The van der Waals surface area contributed by atoms with Crippen LogP contribution in [-0.4, -0.2) is 28.5 Å². The second kappa shape index (κ2) is 6.05. The van der Waals surface area contributed by atoms with Gasteiger partial charge in [-0.15, -0.1) is 0 Å². The molecule has 0 radical (unpaired) electrons. The molecule has 0 bridgehead atoms. The summed E-state index contributed by atoms with van der Waals surface area (Å²) in [6, 6.07) is 0. The number of hydrogen-bond donors (Lipinski definition) is 2. The maximum absolute atomic E-state index is 4.13. The van der Waals surface area contributed by atoms with Crippen LogP contribution in [0.25, 0.3) is 0 Å². The van der Waals surface area contributed by atoms with Crippen molar-refractivity contribution in [2.75, 3.05) is 18.6 Å². The standard InChI is InChI=1S/C9H17N3S/c1-8-11-7-9(12-8)6-10-4-3-5-13-2/h7,10H,3-6H2,1-2H3,(H,11,12). The van der Waals surface area contributed by atoms with Gasteiger partial charge in [-0.3, -0.25) is 0 Å². The van der Waals surface area contributed by atoms with Gasteiger partial charge in [0.05, 0.1) is 0 Å². The first kappa shape index (κ1) is 10.6. The van der Waals surface area contributed by atoms with Gasteiger partial charge in [-0.05, 0) is 31.9 Å². The molecule has 0 unspecified atom stereocenters. The lowest BCUT2D eigenvalue weighted by Gasteiger charge is -2.01. The molecule has 74 valence electrons. The number of H-pyrrole nitrogens is 1. The number of rotatable bonds is 6. The average molecular weight is 199 g/mol. The summed E-state index contributed by atoms with van der Waals surface area (Å²) in [7, 11) is 0. The van der Waals surface area contributed by atoms with Gasteiger partial charge in [0.1, 0.15) is 5.82 Å². The summed E-state index contributed by atoms with van der Waals surface area (Å²) >= 11 is 1.89. The Kier molecular flexibility index (Phi) is 4.93. The van der Waals surface area contributed by atoms with Crippen molar-refractivity contribution in [2.24, 2.45) is 0 Å². The first-order chi connectivity index (χ1) is 6.33. The molecule has 2 N–H and O–H groups in total. The fourth-order valence-electron chi connectivity index (χ4n) is 1.13. The number of aromatic nitrogens is 2. The molecule has 0 spiro atoms. The number of aromatic amines is 1. The topological polar surface area (TPSA) is 40.7 Å². The van der Waals surface area contributed by atoms with E-state index in [1.165, 1.54) is 17.9 Å². The van der Waals surface area contributed by atoms with Gasteiger partial charge < -0.3 is 10.3 Å². The zero-order valence-corrected chi connectivity index (χ0v) is 9.08. The van der Waals surface area contributed by atoms with E-state index in [1.807, 2.05) is 24.9 Å². The van der Waals surface area contributed by atoms with Crippen molar-refractivity contribution in [3.8, 4) is 0 Å². The quantitative estimate of drug-likeness (QED) is 0.683. The monoisotopic (exact) mass is 199 g/mol. The number of hydrogen-bond acceptors (Lipinski definition) is 3. The molecule has 0 saturated heterocycles. The lowest BCUT2D eigenvalue weighted by Crippen LogP contribution is -2.15. The molecule has 0 aliphatic rings. The highest BCUT2D eigenvalue weighted by atomic mass is 32.2. The van der Waals surface area contributed by atoms with E-state index in [-0.39, 0.29) is 0 Å². The van der Waals surface area contributed by atoms with Crippen LogP contribution in [0.2, 0.25) is 0 Å². The fourth-order valence-corrected chi connectivity index (χ4v) is 1.56. The van der Waals surface area contributed by atoms with E-state index in [0.29, 0.717) is 0 Å². The lowest BCUT2D eigenvalue weighted by atomic mass is 10.4. The van der Waals surface area contributed by atoms with Gasteiger partial charge in [0.25, 0.3) is 0 Å². The summed E-state index contributed by atoms with van der Waals surface area (Å²) in [6.45, 7) is 3.95. The smallest absolute Gasteiger partial charge is 0.103 e. The molecule has 0 atom stereocenters. The third-order valence-electron chi connectivity index (χ3n) is 1.77. The molecule has 1 heterocycles. The molecule has 0 aromatic carbocycles. The summed E-state index contributed by atoms with van der Waals surface area (Å²) in [5.74, 6) is 2.22. The highest BCUT2D eigenvalue weighted by Gasteiger charge is 1.94. The number of nitrogens with one attached hydrogen (secondary N) is 2. The molecule has 1 aromatic rings. The van der Waals surface area contributed by atoms with Gasteiger partial charge in [0, 0.05) is 18.4 Å². The highest BCUT2D eigenvalue weighted by Crippen LogP contribution is 1.96. The summed E-state index contributed by atoms with van der Waals surface area (Å²) in [4.78, 5) is 7.32. The Morgan fingerprint density at radius 2 is 2.46 bits per heavy atom. The largest absolute Gasteiger partial charge is 0.345 e. The van der Waals surface area contributed by atoms with Crippen molar-refractivity contribution in [1.82, 2.24) is 15.3 Å². The van der Waals surface area contributed by atoms with Crippen LogP contribution >= 0.6 is 11.8 Å². The molecule has 0 fully saturated rings. The maximum atomic E-state index is 4.13. The Morgan fingerprint density at radius 1 is 1.62 bits per heavy atom. The van der Waals surface area contributed by atoms with Crippen LogP contribution in [0.1, 0.15) is 17.9 Å². The number of imidazole rings is 1. The summed E-state index contributed by atoms with van der Waals surface area (Å²) in [6.07, 6.45) is 5.25. The van der Waals surface area contributed by atoms with Crippen molar-refractivity contribution in [1.29, 1.82) is 0 Å². The van der Waals surface area contributed by atoms with Crippen molar-refractivity contribution in [3.05, 3.63) is 17.7 Å². The molecule has 3 nitrogen and oxygen atoms in total. The summed E-state index contributed by atoms with van der Waals surface area (Å²) in [5, 5.41) is 3.37. The second-order valence-electron chi connectivity index (χ2n) is 3.02. The molecule has 0 saturated carbocycles. The van der Waals surface area contributed by atoms with Crippen LogP contribution in [-0.2, 0) is 6.54 Å². The van der Waals surface area contributed by atoms with Crippen LogP contribution in [0, 0.1) is 6.92 Å². The van der Waals surface area contributed by atoms with Crippen LogP contribution in [0.5, 0.6) is 0 Å². The molecule has 13 heavy (non-hydrogen) atoms. The highest BCUT2D eigenvalue weighted by molar-refractivity contribution is 7.98. The van der Waals surface area contributed by atoms with Gasteiger partial charge in [-0.2, -0.15) is 11.8 Å². The van der Waals surface area contributed by atoms with Gasteiger partial charge in [0.2, 0.25) is 0 Å². The lowest BCUT2D eigenvalue weighted by molar-refractivity contribution is 0.669. The molecule has 4 heteroatoms. The van der Waals surface area contributed by atoms with E-state index in [4.69, 9.17) is 0 Å². The van der Waals surface area contributed by atoms with Gasteiger partial charge in [-0.25, -0.2) is 4.98 Å². The molecule has 1 aromatic heterocycles. The molecular formula is C9H17N3S. The Balaban J connectivity index is 2.06. The van der Waals surface area contributed by atoms with Gasteiger partial charge in [0.15, 0.2) is 0 Å². The van der Waals surface area contributed by atoms with E-state index in [1.54, 1.807) is 0 Å². The minimum Gasteiger partial charge on any atom is -0.345 e. The zero-order valence-electron chi connectivity index (χ0n) is 8.26. The van der Waals surface area contributed by atoms with E-state index < -0.39 is 0 Å². The first-order valence-corrected chi connectivity index (χ1v) is 5.92. The Morgan fingerprint density at radius 3 is 3.08 bits per heavy atom. The summed E-state index contributed by atoms with van der Waals surface area (Å²) in [5.41, 5.74) is 1.17. The number of nitrogens with zero attached hydrogens (tertiary/aromatic N) is 1. The van der Waals surface area contributed by atoms with Crippen LogP contribution in [0.4, 0.5) is 0 Å². The second-order valence-corrected chi connectivity index (χ2v) is 4.00.